The number of alkyl carbamates (subject to hydrolysis) is 1. The van der Waals surface area contributed by atoms with E-state index in [1.807, 2.05) is 52.0 Å². The summed E-state index contributed by atoms with van der Waals surface area (Å²) in [6.07, 6.45) is 3.42. The fourth-order valence-electron chi connectivity index (χ4n) is 1.53. The molecule has 2 N–H and O–H groups in total. The number of nitrogens with one attached hydrogen (secondary N) is 2. The lowest BCUT2D eigenvalue weighted by atomic mass is 10.2. The van der Waals surface area contributed by atoms with E-state index < -0.39 is 11.7 Å². The molecule has 1 unspecified atom stereocenters. The molecule has 0 aromatic carbocycles. The van der Waals surface area contributed by atoms with Crippen molar-refractivity contribution in [2.24, 2.45) is 0 Å². The molecule has 0 aliphatic rings. The number of hydrogen-bond donors (Lipinski definition) is 2. The molecule has 1 heterocycles. The molecule has 5 nitrogen and oxygen atoms in total. The molecule has 0 radical (unpaired) electrons. The average molecular weight is 359 g/mol. The monoisotopic (exact) mass is 358 g/mol. The summed E-state index contributed by atoms with van der Waals surface area (Å²) in [5.41, 5.74) is -0.470. The van der Waals surface area contributed by atoms with Crippen LogP contribution in [0, 0.1) is 0 Å². The number of hydrogen-bond acceptors (Lipinski definition) is 4. The zero-order valence-electron chi connectivity index (χ0n) is 12.9. The highest BCUT2D eigenvalue weighted by molar-refractivity contribution is 9.10. The van der Waals surface area contributed by atoms with Crippen LogP contribution in [0.1, 0.15) is 39.5 Å². The second-order valence-corrected chi connectivity index (χ2v) is 6.41. The molecule has 6 heteroatoms. The van der Waals surface area contributed by atoms with Gasteiger partial charge in [0.15, 0.2) is 4.67 Å². The molecule has 0 saturated carbocycles. The molecule has 1 aromatic rings. The number of amides is 1. The van der Waals surface area contributed by atoms with Gasteiger partial charge in [0, 0.05) is 13.1 Å². The van der Waals surface area contributed by atoms with E-state index in [1.54, 1.807) is 0 Å². The van der Waals surface area contributed by atoms with Crippen molar-refractivity contribution in [3.8, 4) is 0 Å². The highest BCUT2D eigenvalue weighted by Gasteiger charge is 2.14. The Morgan fingerprint density at radius 3 is 2.62 bits per heavy atom. The minimum Gasteiger partial charge on any atom is -0.453 e. The number of rotatable bonds is 6. The van der Waals surface area contributed by atoms with Gasteiger partial charge in [0.05, 0.1) is 6.04 Å². The third kappa shape index (κ3) is 7.92. The summed E-state index contributed by atoms with van der Waals surface area (Å²) in [7, 11) is 0. The molecule has 1 atom stereocenters. The summed E-state index contributed by atoms with van der Waals surface area (Å²) in [5, 5.41) is 5.96. The molecule has 0 fully saturated rings. The fraction of sp³-hybridized carbons (Fsp3) is 0.533. The SMILES string of the molecule is CC(NC/C=C/CNC(=O)OC(C)(C)C)c1ccc(Br)o1. The number of carbonyl (C=O) groups is 1. The van der Waals surface area contributed by atoms with E-state index in [0.717, 1.165) is 10.4 Å². The van der Waals surface area contributed by atoms with Gasteiger partial charge < -0.3 is 19.8 Å². The molecule has 21 heavy (non-hydrogen) atoms. The smallest absolute Gasteiger partial charge is 0.407 e. The lowest BCUT2D eigenvalue weighted by molar-refractivity contribution is 0.0534. The van der Waals surface area contributed by atoms with Crippen molar-refractivity contribution in [3.05, 3.63) is 34.7 Å². The van der Waals surface area contributed by atoms with E-state index in [4.69, 9.17) is 9.15 Å². The Labute approximate surface area is 134 Å². The first kappa shape index (κ1) is 17.8. The van der Waals surface area contributed by atoms with Gasteiger partial charge in [0.25, 0.3) is 0 Å². The molecule has 0 bridgehead atoms. The molecular formula is C15H23BrN2O3. The van der Waals surface area contributed by atoms with E-state index >= 15 is 0 Å². The molecule has 118 valence electrons. The van der Waals surface area contributed by atoms with Crippen molar-refractivity contribution in [1.29, 1.82) is 0 Å². The number of halogens is 1. The van der Waals surface area contributed by atoms with Crippen LogP contribution in [0.25, 0.3) is 0 Å². The van der Waals surface area contributed by atoms with Crippen molar-refractivity contribution in [1.82, 2.24) is 10.6 Å². The van der Waals surface area contributed by atoms with Gasteiger partial charge in [-0.3, -0.25) is 0 Å². The zero-order valence-corrected chi connectivity index (χ0v) is 14.5. The summed E-state index contributed by atoms with van der Waals surface area (Å²) in [5.74, 6) is 0.877. The molecule has 1 aromatic heterocycles. The summed E-state index contributed by atoms with van der Waals surface area (Å²) in [6, 6.07) is 3.92. The van der Waals surface area contributed by atoms with Gasteiger partial charge in [-0.15, -0.1) is 0 Å². The van der Waals surface area contributed by atoms with Crippen LogP contribution < -0.4 is 10.6 Å². The first-order chi connectivity index (χ1) is 9.78. The summed E-state index contributed by atoms with van der Waals surface area (Å²) in [6.45, 7) is 8.66. The first-order valence-corrected chi connectivity index (χ1v) is 7.67. The first-order valence-electron chi connectivity index (χ1n) is 6.88. The standard InChI is InChI=1S/C15H23BrN2O3/c1-11(12-7-8-13(16)20-12)17-9-5-6-10-18-14(19)21-15(2,3)4/h5-8,11,17H,9-10H2,1-4H3,(H,18,19)/b6-5+. The predicted molar refractivity (Wildman–Crippen MR) is 86.2 cm³/mol. The van der Waals surface area contributed by atoms with Crippen LogP contribution in [0.2, 0.25) is 0 Å². The number of carbonyl (C=O) groups excluding carboxylic acids is 1. The quantitative estimate of drug-likeness (QED) is 0.759. The second kappa shape index (κ2) is 8.24. The van der Waals surface area contributed by atoms with Gasteiger partial charge in [0.1, 0.15) is 11.4 Å². The minimum absolute atomic E-state index is 0.125. The molecule has 1 amide bonds. The molecule has 0 spiro atoms. The average Bonchev–Trinajstić information content (AvgIpc) is 2.78. The Morgan fingerprint density at radius 1 is 1.38 bits per heavy atom. The van der Waals surface area contributed by atoms with Gasteiger partial charge >= 0.3 is 6.09 Å². The Bertz CT molecular complexity index is 478. The van der Waals surface area contributed by atoms with Crippen molar-refractivity contribution >= 4 is 22.0 Å². The number of ether oxygens (including phenoxy) is 1. The van der Waals surface area contributed by atoms with Crippen LogP contribution in [-0.2, 0) is 4.74 Å². The molecule has 0 saturated heterocycles. The van der Waals surface area contributed by atoms with E-state index in [9.17, 15) is 4.79 Å². The van der Waals surface area contributed by atoms with Crippen molar-refractivity contribution in [2.45, 2.75) is 39.3 Å². The van der Waals surface area contributed by atoms with Crippen LogP contribution in [0.5, 0.6) is 0 Å². The Kier molecular flexibility index (Phi) is 6.98. The normalized spacial score (nSPS) is 13.4. The second-order valence-electron chi connectivity index (χ2n) is 5.63. The lowest BCUT2D eigenvalue weighted by Crippen LogP contribution is -2.32. The van der Waals surface area contributed by atoms with Gasteiger partial charge in [-0.2, -0.15) is 0 Å². The predicted octanol–water partition coefficient (Wildman–Crippen LogP) is 3.77. The van der Waals surface area contributed by atoms with E-state index in [0.29, 0.717) is 13.1 Å². The summed E-state index contributed by atoms with van der Waals surface area (Å²) >= 11 is 3.28. The highest BCUT2D eigenvalue weighted by Crippen LogP contribution is 2.19. The van der Waals surface area contributed by atoms with Gasteiger partial charge in [-0.05, 0) is 55.8 Å². The van der Waals surface area contributed by atoms with E-state index in [2.05, 4.69) is 26.6 Å². The fourth-order valence-corrected chi connectivity index (χ4v) is 1.85. The van der Waals surface area contributed by atoms with Gasteiger partial charge in [-0.25, -0.2) is 4.79 Å². The van der Waals surface area contributed by atoms with Gasteiger partial charge in [-0.1, -0.05) is 12.2 Å². The maximum Gasteiger partial charge on any atom is 0.407 e. The Morgan fingerprint density at radius 2 is 2.05 bits per heavy atom. The highest BCUT2D eigenvalue weighted by atomic mass is 79.9. The van der Waals surface area contributed by atoms with E-state index in [1.165, 1.54) is 0 Å². The molecule has 0 aliphatic heterocycles. The number of furan rings is 1. The Hall–Kier alpha value is -1.27. The van der Waals surface area contributed by atoms with Gasteiger partial charge in [0.2, 0.25) is 0 Å². The van der Waals surface area contributed by atoms with Crippen LogP contribution >= 0.6 is 15.9 Å². The lowest BCUT2D eigenvalue weighted by Gasteiger charge is -2.19. The molecule has 0 aliphatic carbocycles. The third-order valence-electron chi connectivity index (χ3n) is 2.49. The zero-order chi connectivity index (χ0) is 15.9. The Balaban J connectivity index is 2.16. The molecular weight excluding hydrogens is 336 g/mol. The van der Waals surface area contributed by atoms with Crippen LogP contribution in [-0.4, -0.2) is 24.8 Å². The van der Waals surface area contributed by atoms with Crippen molar-refractivity contribution < 1.29 is 13.9 Å². The van der Waals surface area contributed by atoms with E-state index in [-0.39, 0.29) is 6.04 Å². The largest absolute Gasteiger partial charge is 0.453 e. The van der Waals surface area contributed by atoms with Crippen molar-refractivity contribution in [3.63, 3.8) is 0 Å². The molecule has 1 rings (SSSR count). The van der Waals surface area contributed by atoms with Crippen LogP contribution in [0.4, 0.5) is 4.79 Å². The maximum absolute atomic E-state index is 11.4. The van der Waals surface area contributed by atoms with Crippen LogP contribution in [0.15, 0.2) is 33.4 Å². The van der Waals surface area contributed by atoms with Crippen molar-refractivity contribution in [2.75, 3.05) is 13.1 Å². The topological polar surface area (TPSA) is 63.5 Å². The summed E-state index contributed by atoms with van der Waals surface area (Å²) in [4.78, 5) is 11.4. The third-order valence-corrected chi connectivity index (χ3v) is 2.92. The maximum atomic E-state index is 11.4. The van der Waals surface area contributed by atoms with Crippen LogP contribution in [0.3, 0.4) is 0 Å². The minimum atomic E-state index is -0.470. The summed E-state index contributed by atoms with van der Waals surface area (Å²) < 4.78 is 11.3.